The van der Waals surface area contributed by atoms with E-state index in [0.717, 1.165) is 34.4 Å². The van der Waals surface area contributed by atoms with Gasteiger partial charge in [0, 0.05) is 0 Å². The van der Waals surface area contributed by atoms with Gasteiger partial charge in [0.15, 0.2) is 0 Å². The summed E-state index contributed by atoms with van der Waals surface area (Å²) in [5.74, 6) is 0. The average Bonchev–Trinajstić information content (AvgIpc) is 2.46. The Bertz CT molecular complexity index is 655. The summed E-state index contributed by atoms with van der Waals surface area (Å²) in [5.41, 5.74) is 3.07. The molecule has 4 heteroatoms. The van der Waals surface area contributed by atoms with Crippen molar-refractivity contribution in [2.75, 3.05) is 6.61 Å². The number of aryl methyl sites for hydroxylation is 1. The lowest BCUT2D eigenvalue weighted by Crippen LogP contribution is -2.04. The van der Waals surface area contributed by atoms with Crippen molar-refractivity contribution in [3.63, 3.8) is 0 Å². The summed E-state index contributed by atoms with van der Waals surface area (Å²) in [6.45, 7) is 1.86. The van der Waals surface area contributed by atoms with Gasteiger partial charge in [0.2, 0.25) is 0 Å². The molecule has 0 aliphatic heterocycles. The molecule has 1 nitrogen and oxygen atoms in total. The fourth-order valence-electron chi connectivity index (χ4n) is 2.28. The second kappa shape index (κ2) is 6.79. The Hall–Kier alpha value is -2.07. The maximum absolute atomic E-state index is 12.6. The van der Waals surface area contributed by atoms with Gasteiger partial charge in [-0.15, -0.1) is 0 Å². The number of hydrogen-bond donors (Lipinski definition) is 1. The molecule has 2 aromatic carbocycles. The van der Waals surface area contributed by atoms with Crippen molar-refractivity contribution in [3.05, 3.63) is 76.9 Å². The first-order valence-electron chi connectivity index (χ1n) is 6.93. The fraction of sp³-hybridized carbons (Fsp3) is 0.222. The van der Waals surface area contributed by atoms with E-state index in [9.17, 15) is 18.3 Å². The average molecular weight is 306 g/mol. The molecule has 0 heterocycles. The first kappa shape index (κ1) is 16.3. The highest BCUT2D eigenvalue weighted by molar-refractivity contribution is 5.68. The van der Waals surface area contributed by atoms with E-state index in [-0.39, 0.29) is 6.61 Å². The molecule has 0 aliphatic rings. The van der Waals surface area contributed by atoms with Gasteiger partial charge >= 0.3 is 6.18 Å². The predicted octanol–water partition coefficient (Wildman–Crippen LogP) is 4.63. The third kappa shape index (κ3) is 4.21. The number of allylic oxidation sites excluding steroid dienone is 1. The number of rotatable bonds is 4. The first-order chi connectivity index (χ1) is 10.4. The van der Waals surface area contributed by atoms with E-state index < -0.39 is 11.7 Å². The Kier molecular flexibility index (Phi) is 5.03. The summed E-state index contributed by atoms with van der Waals surface area (Å²) >= 11 is 0. The Balaban J connectivity index is 2.24. The summed E-state index contributed by atoms with van der Waals surface area (Å²) < 4.78 is 37.7. The van der Waals surface area contributed by atoms with Crippen LogP contribution in [0, 0.1) is 6.92 Å². The van der Waals surface area contributed by atoms with Gasteiger partial charge < -0.3 is 5.11 Å². The van der Waals surface area contributed by atoms with Crippen LogP contribution >= 0.6 is 0 Å². The van der Waals surface area contributed by atoms with Gasteiger partial charge in [0.1, 0.15) is 0 Å². The zero-order chi connectivity index (χ0) is 16.2. The molecule has 0 fully saturated rings. The molecule has 0 amide bonds. The molecule has 2 rings (SSSR count). The van der Waals surface area contributed by atoms with Crippen molar-refractivity contribution in [3.8, 4) is 0 Å². The molecule has 0 atom stereocenters. The second-order valence-electron chi connectivity index (χ2n) is 5.15. The van der Waals surface area contributed by atoms with Gasteiger partial charge in [0.25, 0.3) is 0 Å². The van der Waals surface area contributed by atoms with E-state index in [4.69, 9.17) is 0 Å². The molecular weight excluding hydrogens is 289 g/mol. The molecule has 0 spiro atoms. The minimum atomic E-state index is -4.32. The van der Waals surface area contributed by atoms with Crippen LogP contribution in [0.4, 0.5) is 13.2 Å². The molecule has 22 heavy (non-hydrogen) atoms. The highest BCUT2D eigenvalue weighted by Crippen LogP contribution is 2.30. The number of aliphatic hydroxyl groups excluding tert-OH is 1. The Morgan fingerprint density at radius 2 is 1.77 bits per heavy atom. The van der Waals surface area contributed by atoms with Crippen LogP contribution in [0.25, 0.3) is 5.57 Å². The van der Waals surface area contributed by atoms with Crippen LogP contribution in [-0.2, 0) is 12.6 Å². The smallest absolute Gasteiger partial charge is 0.392 e. The Morgan fingerprint density at radius 1 is 1.09 bits per heavy atom. The van der Waals surface area contributed by atoms with Crippen molar-refractivity contribution in [2.24, 2.45) is 0 Å². The van der Waals surface area contributed by atoms with Gasteiger partial charge in [-0.3, -0.25) is 0 Å². The van der Waals surface area contributed by atoms with Crippen LogP contribution in [-0.4, -0.2) is 11.7 Å². The zero-order valence-corrected chi connectivity index (χ0v) is 12.2. The topological polar surface area (TPSA) is 20.2 Å². The lowest BCUT2D eigenvalue weighted by Gasteiger charge is -2.11. The van der Waals surface area contributed by atoms with Gasteiger partial charge in [0.05, 0.1) is 12.2 Å². The van der Waals surface area contributed by atoms with Crippen LogP contribution in [0.5, 0.6) is 0 Å². The van der Waals surface area contributed by atoms with Crippen LogP contribution in [0.15, 0.2) is 54.6 Å². The lowest BCUT2D eigenvalue weighted by atomic mass is 9.96. The van der Waals surface area contributed by atoms with Gasteiger partial charge in [-0.2, -0.15) is 13.2 Å². The molecule has 116 valence electrons. The third-order valence-electron chi connectivity index (χ3n) is 3.40. The minimum Gasteiger partial charge on any atom is -0.392 e. The maximum atomic E-state index is 12.6. The summed E-state index contributed by atoms with van der Waals surface area (Å²) in [5, 5.41) is 9.17. The van der Waals surface area contributed by atoms with Gasteiger partial charge in [-0.1, -0.05) is 48.0 Å². The second-order valence-corrected chi connectivity index (χ2v) is 5.15. The standard InChI is InChI=1S/C18H17F3O/c1-13-3-2-4-15(11-13)16(9-10-22)12-14-5-7-17(8-6-14)18(19,20)21/h2-9,11,22H,10,12H2,1H3/b16-9+. The third-order valence-corrected chi connectivity index (χ3v) is 3.40. The van der Waals surface area contributed by atoms with Crippen molar-refractivity contribution in [1.82, 2.24) is 0 Å². The van der Waals surface area contributed by atoms with Crippen molar-refractivity contribution >= 4 is 5.57 Å². The predicted molar refractivity (Wildman–Crippen MR) is 81.4 cm³/mol. The lowest BCUT2D eigenvalue weighted by molar-refractivity contribution is -0.137. The molecule has 0 radical (unpaired) electrons. The summed E-state index contributed by atoms with van der Waals surface area (Å²) in [6, 6.07) is 12.9. The SMILES string of the molecule is Cc1cccc(/C(=C/CO)Cc2ccc(C(F)(F)F)cc2)c1. The molecule has 0 unspecified atom stereocenters. The Morgan fingerprint density at radius 3 is 2.32 bits per heavy atom. The van der Waals surface area contributed by atoms with Crippen LogP contribution < -0.4 is 0 Å². The molecule has 0 aromatic heterocycles. The highest BCUT2D eigenvalue weighted by Gasteiger charge is 2.29. The number of hydrogen-bond acceptors (Lipinski definition) is 1. The van der Waals surface area contributed by atoms with E-state index in [0.29, 0.717) is 6.42 Å². The highest BCUT2D eigenvalue weighted by atomic mass is 19.4. The normalized spacial score (nSPS) is 12.5. The van der Waals surface area contributed by atoms with Crippen LogP contribution in [0.2, 0.25) is 0 Å². The minimum absolute atomic E-state index is 0.107. The van der Waals surface area contributed by atoms with Gasteiger partial charge in [-0.25, -0.2) is 0 Å². The van der Waals surface area contributed by atoms with E-state index in [1.807, 2.05) is 31.2 Å². The number of benzene rings is 2. The fourth-order valence-corrected chi connectivity index (χ4v) is 2.28. The monoisotopic (exact) mass is 306 g/mol. The van der Waals surface area contributed by atoms with Crippen molar-refractivity contribution in [2.45, 2.75) is 19.5 Å². The van der Waals surface area contributed by atoms with E-state index in [2.05, 4.69) is 0 Å². The molecule has 1 N–H and O–H groups in total. The van der Waals surface area contributed by atoms with E-state index in [1.165, 1.54) is 12.1 Å². The number of halogens is 3. The molecule has 0 aliphatic carbocycles. The molecular formula is C18H17F3O. The maximum Gasteiger partial charge on any atom is 0.416 e. The van der Waals surface area contributed by atoms with Gasteiger partial charge in [-0.05, 0) is 42.2 Å². The van der Waals surface area contributed by atoms with E-state index >= 15 is 0 Å². The first-order valence-corrected chi connectivity index (χ1v) is 6.93. The van der Waals surface area contributed by atoms with Crippen molar-refractivity contribution < 1.29 is 18.3 Å². The van der Waals surface area contributed by atoms with Crippen LogP contribution in [0.1, 0.15) is 22.3 Å². The quantitative estimate of drug-likeness (QED) is 0.873. The zero-order valence-electron chi connectivity index (χ0n) is 12.2. The summed E-state index contributed by atoms with van der Waals surface area (Å²) in [6.07, 6.45) is -2.16. The molecule has 2 aromatic rings. The largest absolute Gasteiger partial charge is 0.416 e. The van der Waals surface area contributed by atoms with Crippen LogP contribution in [0.3, 0.4) is 0 Å². The summed E-state index contributed by atoms with van der Waals surface area (Å²) in [4.78, 5) is 0. The molecule has 0 saturated heterocycles. The number of alkyl halides is 3. The number of aliphatic hydroxyl groups is 1. The summed E-state index contributed by atoms with van der Waals surface area (Å²) in [7, 11) is 0. The van der Waals surface area contributed by atoms with Crippen molar-refractivity contribution in [1.29, 1.82) is 0 Å². The molecule has 0 saturated carbocycles. The Labute approximate surface area is 127 Å². The van der Waals surface area contributed by atoms with E-state index in [1.54, 1.807) is 6.08 Å². The molecule has 0 bridgehead atoms.